The molecule has 0 heterocycles. The predicted octanol–water partition coefficient (Wildman–Crippen LogP) is 3.89. The fraction of sp³-hybridized carbons (Fsp3) is 0.316. The molecule has 2 aromatic carbocycles. The largest absolute Gasteiger partial charge is 0.339 e. The molecular formula is C19H23FN2O3S. The third-order valence-electron chi connectivity index (χ3n) is 3.96. The summed E-state index contributed by atoms with van der Waals surface area (Å²) in [7, 11) is -4.00. The highest BCUT2D eigenvalue weighted by Gasteiger charge is 2.20. The Labute approximate surface area is 153 Å². The maximum Gasteiger partial charge on any atom is 0.262 e. The van der Waals surface area contributed by atoms with Crippen molar-refractivity contribution in [2.45, 2.75) is 31.6 Å². The molecule has 140 valence electrons. The van der Waals surface area contributed by atoms with Gasteiger partial charge in [-0.2, -0.15) is 0 Å². The number of halogens is 1. The van der Waals surface area contributed by atoms with E-state index in [9.17, 15) is 17.6 Å². The van der Waals surface area contributed by atoms with E-state index in [1.54, 1.807) is 11.0 Å². The van der Waals surface area contributed by atoms with Crippen molar-refractivity contribution < 1.29 is 17.6 Å². The van der Waals surface area contributed by atoms with Crippen molar-refractivity contribution in [1.82, 2.24) is 4.90 Å². The topological polar surface area (TPSA) is 66.5 Å². The lowest BCUT2D eigenvalue weighted by molar-refractivity contribution is 0.0762. The number of carbonyl (C=O) groups is 1. The second-order valence-electron chi connectivity index (χ2n) is 5.85. The van der Waals surface area contributed by atoms with Crippen molar-refractivity contribution in [2.24, 2.45) is 0 Å². The van der Waals surface area contributed by atoms with Crippen molar-refractivity contribution in [2.75, 3.05) is 17.8 Å². The van der Waals surface area contributed by atoms with Gasteiger partial charge in [-0.15, -0.1) is 0 Å². The van der Waals surface area contributed by atoms with Crippen LogP contribution in [0.25, 0.3) is 0 Å². The quantitative estimate of drug-likeness (QED) is 0.758. The number of anilines is 1. The molecule has 0 fully saturated rings. The molecule has 1 N–H and O–H groups in total. The summed E-state index contributed by atoms with van der Waals surface area (Å²) >= 11 is 0. The number of sulfonamides is 1. The lowest BCUT2D eigenvalue weighted by Crippen LogP contribution is -2.31. The molecule has 0 bridgehead atoms. The first-order valence-corrected chi connectivity index (χ1v) is 10.0. The first-order valence-electron chi connectivity index (χ1n) is 8.55. The highest BCUT2D eigenvalue weighted by Crippen LogP contribution is 2.20. The summed E-state index contributed by atoms with van der Waals surface area (Å²) in [4.78, 5) is 14.2. The zero-order chi connectivity index (χ0) is 19.2. The summed E-state index contributed by atoms with van der Waals surface area (Å²) in [6, 6.07) is 11.3. The van der Waals surface area contributed by atoms with Crippen LogP contribution < -0.4 is 4.72 Å². The Morgan fingerprint density at radius 1 is 1.12 bits per heavy atom. The van der Waals surface area contributed by atoms with Gasteiger partial charge in [0, 0.05) is 18.7 Å². The molecule has 2 rings (SSSR count). The van der Waals surface area contributed by atoms with Gasteiger partial charge in [0.2, 0.25) is 0 Å². The van der Waals surface area contributed by atoms with E-state index in [1.807, 2.05) is 13.8 Å². The Bertz CT molecular complexity index is 869. The van der Waals surface area contributed by atoms with Gasteiger partial charge in [-0.05, 0) is 43.7 Å². The van der Waals surface area contributed by atoms with Crippen molar-refractivity contribution in [1.29, 1.82) is 0 Å². The van der Waals surface area contributed by atoms with Gasteiger partial charge in [0.25, 0.3) is 15.9 Å². The monoisotopic (exact) mass is 378 g/mol. The number of hydrogen-bond donors (Lipinski definition) is 1. The molecule has 0 aromatic heterocycles. The molecule has 0 saturated carbocycles. The molecule has 1 amide bonds. The molecule has 0 unspecified atom stereocenters. The van der Waals surface area contributed by atoms with Gasteiger partial charge >= 0.3 is 0 Å². The Morgan fingerprint density at radius 2 is 1.85 bits per heavy atom. The van der Waals surface area contributed by atoms with Gasteiger partial charge < -0.3 is 4.90 Å². The van der Waals surface area contributed by atoms with Crippen LogP contribution in [-0.4, -0.2) is 32.3 Å². The van der Waals surface area contributed by atoms with Crippen LogP contribution in [0.4, 0.5) is 10.1 Å². The number of nitrogens with one attached hydrogen (secondary N) is 1. The van der Waals surface area contributed by atoms with E-state index in [1.165, 1.54) is 42.5 Å². The molecule has 7 heteroatoms. The lowest BCUT2D eigenvalue weighted by atomic mass is 10.2. The van der Waals surface area contributed by atoms with Crippen LogP contribution in [0.1, 0.15) is 37.0 Å². The minimum atomic E-state index is -4.00. The molecule has 0 atom stereocenters. The van der Waals surface area contributed by atoms with Crippen molar-refractivity contribution in [3.63, 3.8) is 0 Å². The van der Waals surface area contributed by atoms with Gasteiger partial charge in [-0.1, -0.05) is 31.5 Å². The Hall–Kier alpha value is -2.41. The number of para-hydroxylation sites is 1. The molecule has 0 spiro atoms. The number of hydrogen-bond acceptors (Lipinski definition) is 3. The smallest absolute Gasteiger partial charge is 0.262 e. The van der Waals surface area contributed by atoms with E-state index >= 15 is 0 Å². The van der Waals surface area contributed by atoms with Crippen LogP contribution in [0, 0.1) is 5.82 Å². The molecular weight excluding hydrogens is 355 g/mol. The standard InChI is InChI=1S/C19H23FN2O3S/c1-3-5-13-22(4-2)19(23)15-9-8-10-16(14-15)26(24,25)21-18-12-7-6-11-17(18)20/h6-12,14,21H,3-5,13H2,1-2H3. The molecule has 0 aliphatic rings. The fourth-order valence-corrected chi connectivity index (χ4v) is 3.59. The number of amides is 1. The first kappa shape index (κ1) is 19.9. The van der Waals surface area contributed by atoms with Crippen LogP contribution in [0.15, 0.2) is 53.4 Å². The molecule has 0 saturated heterocycles. The minimum absolute atomic E-state index is 0.0850. The van der Waals surface area contributed by atoms with Crippen molar-refractivity contribution in [3.05, 3.63) is 59.9 Å². The van der Waals surface area contributed by atoms with E-state index in [0.717, 1.165) is 12.8 Å². The van der Waals surface area contributed by atoms with E-state index in [4.69, 9.17) is 0 Å². The summed E-state index contributed by atoms with van der Waals surface area (Å²) in [6.45, 7) is 5.09. The van der Waals surface area contributed by atoms with Crippen LogP contribution >= 0.6 is 0 Å². The number of nitrogens with zero attached hydrogens (tertiary/aromatic N) is 1. The molecule has 0 radical (unpaired) electrons. The average Bonchev–Trinajstić information content (AvgIpc) is 2.64. The molecule has 5 nitrogen and oxygen atoms in total. The van der Waals surface area contributed by atoms with Gasteiger partial charge in [-0.3, -0.25) is 9.52 Å². The third kappa shape index (κ3) is 4.82. The zero-order valence-electron chi connectivity index (χ0n) is 14.9. The summed E-state index contributed by atoms with van der Waals surface area (Å²) in [6.07, 6.45) is 1.84. The van der Waals surface area contributed by atoms with E-state index in [0.29, 0.717) is 18.7 Å². The van der Waals surface area contributed by atoms with E-state index in [-0.39, 0.29) is 16.5 Å². The Morgan fingerprint density at radius 3 is 2.50 bits per heavy atom. The summed E-state index contributed by atoms with van der Waals surface area (Å²) < 4.78 is 41.0. The van der Waals surface area contributed by atoms with Gasteiger partial charge in [0.1, 0.15) is 5.82 Å². The van der Waals surface area contributed by atoms with Crippen LogP contribution in [0.2, 0.25) is 0 Å². The summed E-state index contributed by atoms with van der Waals surface area (Å²) in [5.41, 5.74) is 0.154. The number of carbonyl (C=O) groups excluding carboxylic acids is 1. The van der Waals surface area contributed by atoms with Crippen molar-refractivity contribution in [3.8, 4) is 0 Å². The number of unbranched alkanes of at least 4 members (excludes halogenated alkanes) is 1. The highest BCUT2D eigenvalue weighted by atomic mass is 32.2. The van der Waals surface area contributed by atoms with Gasteiger partial charge in [-0.25, -0.2) is 12.8 Å². The van der Waals surface area contributed by atoms with Crippen molar-refractivity contribution >= 4 is 21.6 Å². The highest BCUT2D eigenvalue weighted by molar-refractivity contribution is 7.92. The lowest BCUT2D eigenvalue weighted by Gasteiger charge is -2.21. The van der Waals surface area contributed by atoms with E-state index in [2.05, 4.69) is 4.72 Å². The van der Waals surface area contributed by atoms with Gasteiger partial charge in [0.15, 0.2) is 0 Å². The predicted molar refractivity (Wildman–Crippen MR) is 100 cm³/mol. The molecule has 0 aliphatic carbocycles. The zero-order valence-corrected chi connectivity index (χ0v) is 15.7. The molecule has 2 aromatic rings. The Kier molecular flexibility index (Phi) is 6.74. The Balaban J connectivity index is 2.27. The van der Waals surface area contributed by atoms with Crippen LogP contribution in [-0.2, 0) is 10.0 Å². The summed E-state index contributed by atoms with van der Waals surface area (Å²) in [5.74, 6) is -0.885. The maximum atomic E-state index is 13.7. The third-order valence-corrected chi connectivity index (χ3v) is 5.32. The molecule has 26 heavy (non-hydrogen) atoms. The maximum absolute atomic E-state index is 13.7. The number of rotatable bonds is 8. The minimum Gasteiger partial charge on any atom is -0.339 e. The second kappa shape index (κ2) is 8.80. The fourth-order valence-electron chi connectivity index (χ4n) is 2.48. The van der Waals surface area contributed by atoms with Crippen LogP contribution in [0.5, 0.6) is 0 Å². The van der Waals surface area contributed by atoms with E-state index < -0.39 is 15.8 Å². The molecule has 0 aliphatic heterocycles. The SMILES string of the molecule is CCCCN(CC)C(=O)c1cccc(S(=O)(=O)Nc2ccccc2F)c1. The first-order chi connectivity index (χ1) is 12.4. The van der Waals surface area contributed by atoms with Crippen LogP contribution in [0.3, 0.4) is 0 Å². The number of benzene rings is 2. The normalized spacial score (nSPS) is 11.2. The van der Waals surface area contributed by atoms with Gasteiger partial charge in [0.05, 0.1) is 10.6 Å². The summed E-state index contributed by atoms with van der Waals surface area (Å²) in [5, 5.41) is 0. The second-order valence-corrected chi connectivity index (χ2v) is 7.53. The average molecular weight is 378 g/mol.